The molecule has 2 rings (SSSR count). The van der Waals surface area contributed by atoms with E-state index in [-0.39, 0.29) is 11.4 Å². The molecule has 2 aromatic rings. The van der Waals surface area contributed by atoms with Crippen LogP contribution in [0.1, 0.15) is 10.5 Å². The van der Waals surface area contributed by atoms with Crippen LogP contribution >= 0.6 is 11.6 Å². The van der Waals surface area contributed by atoms with Gasteiger partial charge in [-0.3, -0.25) is 0 Å². The number of alkyl halides is 2. The molecule has 22 heavy (non-hydrogen) atoms. The van der Waals surface area contributed by atoms with Crippen molar-refractivity contribution in [1.29, 1.82) is 0 Å². The van der Waals surface area contributed by atoms with Crippen molar-refractivity contribution in [2.75, 3.05) is 5.73 Å². The van der Waals surface area contributed by atoms with Gasteiger partial charge in [0.2, 0.25) is 5.88 Å². The Kier molecular flexibility index (Phi) is 4.36. The molecule has 0 amide bonds. The third-order valence-corrected chi connectivity index (χ3v) is 2.92. The molecule has 0 spiro atoms. The molecule has 10 heteroatoms. The zero-order valence-corrected chi connectivity index (χ0v) is 11.3. The van der Waals surface area contributed by atoms with Crippen molar-refractivity contribution >= 4 is 23.3 Å². The fourth-order valence-electron chi connectivity index (χ4n) is 1.58. The molecule has 3 N–H and O–H groups in total. The number of ether oxygens (including phenoxy) is 1. The number of nitrogens with zero attached hydrogens (tertiary/aromatic N) is 2. The summed E-state index contributed by atoms with van der Waals surface area (Å²) in [5.41, 5.74) is 3.78. The van der Waals surface area contributed by atoms with Gasteiger partial charge in [-0.15, -0.1) is 0 Å². The highest BCUT2D eigenvalue weighted by Gasteiger charge is 2.22. The fourth-order valence-corrected chi connectivity index (χ4v) is 1.78. The van der Waals surface area contributed by atoms with Crippen molar-refractivity contribution < 1.29 is 27.8 Å². The molecule has 0 aromatic carbocycles. The van der Waals surface area contributed by atoms with E-state index in [0.29, 0.717) is 0 Å². The predicted octanol–water partition coefficient (Wildman–Crippen LogP) is 2.82. The lowest BCUT2D eigenvalue weighted by atomic mass is 10.1. The van der Waals surface area contributed by atoms with Crippen LogP contribution in [0.5, 0.6) is 5.88 Å². The normalized spacial score (nSPS) is 10.8. The number of aromatic nitrogens is 2. The summed E-state index contributed by atoms with van der Waals surface area (Å²) in [6.07, 6.45) is 0.988. The lowest BCUT2D eigenvalue weighted by Crippen LogP contribution is -2.08. The molecule has 0 saturated carbocycles. The minimum atomic E-state index is -3.06. The molecule has 0 aliphatic rings. The maximum Gasteiger partial charge on any atom is 0.388 e. The van der Waals surface area contributed by atoms with Crippen LogP contribution in [-0.4, -0.2) is 27.7 Å². The highest BCUT2D eigenvalue weighted by atomic mass is 35.5. The summed E-state index contributed by atoms with van der Waals surface area (Å²) < 4.78 is 42.1. The van der Waals surface area contributed by atoms with E-state index in [1.54, 1.807) is 0 Å². The minimum absolute atomic E-state index is 0.0185. The summed E-state index contributed by atoms with van der Waals surface area (Å²) in [6.45, 7) is -3.06. The van der Waals surface area contributed by atoms with E-state index in [2.05, 4.69) is 14.7 Å². The van der Waals surface area contributed by atoms with Crippen LogP contribution in [0.3, 0.4) is 0 Å². The number of carboxylic acid groups (broad SMARTS) is 1. The largest absolute Gasteiger partial charge is 0.476 e. The number of nitrogens with two attached hydrogens (primary N) is 1. The Bertz CT molecular complexity index is 726. The number of hydrogen-bond donors (Lipinski definition) is 2. The Morgan fingerprint density at radius 2 is 2.09 bits per heavy atom. The van der Waals surface area contributed by atoms with Gasteiger partial charge in [0.15, 0.2) is 11.5 Å². The van der Waals surface area contributed by atoms with Gasteiger partial charge in [-0.1, -0.05) is 11.6 Å². The Morgan fingerprint density at radius 1 is 1.41 bits per heavy atom. The first-order chi connectivity index (χ1) is 10.3. The summed E-state index contributed by atoms with van der Waals surface area (Å²) in [6, 6.07) is 2.23. The Hall–Kier alpha value is -2.55. The average Bonchev–Trinajstić information content (AvgIpc) is 2.45. The van der Waals surface area contributed by atoms with Crippen LogP contribution in [0.4, 0.5) is 18.9 Å². The van der Waals surface area contributed by atoms with Gasteiger partial charge in [-0.05, 0) is 6.07 Å². The third kappa shape index (κ3) is 3.03. The highest BCUT2D eigenvalue weighted by molar-refractivity contribution is 6.35. The second kappa shape index (κ2) is 6.06. The SMILES string of the molecule is Nc1c(F)c(-c2ccc(OC(F)F)nc2)nc(C(=O)O)c1Cl. The number of carbonyl (C=O) groups is 1. The maximum atomic E-state index is 14.1. The van der Waals surface area contributed by atoms with E-state index in [4.69, 9.17) is 22.4 Å². The highest BCUT2D eigenvalue weighted by Crippen LogP contribution is 2.32. The Labute approximate surface area is 126 Å². The lowest BCUT2D eigenvalue weighted by Gasteiger charge is -2.09. The van der Waals surface area contributed by atoms with Gasteiger partial charge < -0.3 is 15.6 Å². The quantitative estimate of drug-likeness (QED) is 0.892. The van der Waals surface area contributed by atoms with Crippen LogP contribution < -0.4 is 10.5 Å². The molecule has 0 fully saturated rings. The lowest BCUT2D eigenvalue weighted by molar-refractivity contribution is -0.0528. The van der Waals surface area contributed by atoms with Crippen molar-refractivity contribution in [2.24, 2.45) is 0 Å². The molecule has 0 bridgehead atoms. The molecular formula is C12H7ClF3N3O3. The van der Waals surface area contributed by atoms with E-state index in [1.807, 2.05) is 0 Å². The number of halogens is 4. The van der Waals surface area contributed by atoms with Crippen LogP contribution in [0.25, 0.3) is 11.3 Å². The van der Waals surface area contributed by atoms with E-state index in [1.165, 1.54) is 6.07 Å². The minimum Gasteiger partial charge on any atom is -0.476 e. The molecular weight excluding hydrogens is 327 g/mol. The zero-order valence-electron chi connectivity index (χ0n) is 10.6. The van der Waals surface area contributed by atoms with Gasteiger partial charge in [0.05, 0.1) is 10.7 Å². The van der Waals surface area contributed by atoms with Gasteiger partial charge in [-0.25, -0.2) is 19.2 Å². The topological polar surface area (TPSA) is 98.3 Å². The van der Waals surface area contributed by atoms with Crippen molar-refractivity contribution in [3.05, 3.63) is 34.9 Å². The van der Waals surface area contributed by atoms with Gasteiger partial charge in [-0.2, -0.15) is 8.78 Å². The summed E-state index contributed by atoms with van der Waals surface area (Å²) in [7, 11) is 0. The van der Waals surface area contributed by atoms with Crippen molar-refractivity contribution in [3.8, 4) is 17.1 Å². The molecule has 2 aromatic heterocycles. The molecule has 0 saturated heterocycles. The molecule has 0 aliphatic carbocycles. The Balaban J connectivity index is 2.50. The number of hydrogen-bond acceptors (Lipinski definition) is 5. The molecule has 0 atom stereocenters. The third-order valence-electron chi connectivity index (χ3n) is 2.53. The van der Waals surface area contributed by atoms with E-state index in [0.717, 1.165) is 12.3 Å². The van der Waals surface area contributed by atoms with Crippen molar-refractivity contribution in [1.82, 2.24) is 9.97 Å². The van der Waals surface area contributed by atoms with Crippen molar-refractivity contribution in [3.63, 3.8) is 0 Å². The molecule has 116 valence electrons. The van der Waals surface area contributed by atoms with Gasteiger partial charge >= 0.3 is 12.6 Å². The summed E-state index contributed by atoms with van der Waals surface area (Å²) >= 11 is 5.61. The van der Waals surface area contributed by atoms with E-state index < -0.39 is 40.5 Å². The number of nitrogen functional groups attached to an aromatic ring is 1. The average molecular weight is 334 g/mol. The number of aromatic carboxylic acids is 1. The van der Waals surface area contributed by atoms with Crippen LogP contribution in [0, 0.1) is 5.82 Å². The molecule has 0 aliphatic heterocycles. The number of rotatable bonds is 4. The molecule has 2 heterocycles. The molecule has 0 radical (unpaired) electrons. The van der Waals surface area contributed by atoms with Crippen LogP contribution in [-0.2, 0) is 0 Å². The molecule has 0 unspecified atom stereocenters. The second-order valence-electron chi connectivity index (χ2n) is 3.92. The first kappa shape index (κ1) is 15.8. The number of carboxylic acids is 1. The first-order valence-electron chi connectivity index (χ1n) is 5.60. The van der Waals surface area contributed by atoms with Gasteiger partial charge in [0.25, 0.3) is 0 Å². The summed E-state index contributed by atoms with van der Waals surface area (Å²) in [5.74, 6) is -2.93. The Morgan fingerprint density at radius 3 is 2.59 bits per heavy atom. The van der Waals surface area contributed by atoms with Gasteiger partial charge in [0.1, 0.15) is 5.69 Å². The first-order valence-corrected chi connectivity index (χ1v) is 5.98. The van der Waals surface area contributed by atoms with Crippen LogP contribution in [0.15, 0.2) is 18.3 Å². The standard InChI is InChI=1S/C12H7ClF3N3O3/c13-6-8(17)7(14)9(19-10(6)11(20)21)4-1-2-5(18-3-4)22-12(15)16/h1-3,12H,(H2,17,19)(H,20,21). The van der Waals surface area contributed by atoms with Gasteiger partial charge in [0, 0.05) is 17.8 Å². The predicted molar refractivity (Wildman–Crippen MR) is 70.4 cm³/mol. The maximum absolute atomic E-state index is 14.1. The van der Waals surface area contributed by atoms with E-state index in [9.17, 15) is 18.0 Å². The fraction of sp³-hybridized carbons (Fsp3) is 0.0833. The summed E-state index contributed by atoms with van der Waals surface area (Å²) in [4.78, 5) is 18.1. The monoisotopic (exact) mass is 333 g/mol. The van der Waals surface area contributed by atoms with E-state index >= 15 is 0 Å². The zero-order chi connectivity index (χ0) is 16.4. The van der Waals surface area contributed by atoms with Crippen molar-refractivity contribution in [2.45, 2.75) is 6.61 Å². The number of anilines is 1. The molecule has 6 nitrogen and oxygen atoms in total. The smallest absolute Gasteiger partial charge is 0.388 e. The van der Waals surface area contributed by atoms with Crippen LogP contribution in [0.2, 0.25) is 5.02 Å². The summed E-state index contributed by atoms with van der Waals surface area (Å²) in [5, 5.41) is 8.42. The number of pyridine rings is 2. The second-order valence-corrected chi connectivity index (χ2v) is 4.30.